The van der Waals surface area contributed by atoms with Gasteiger partial charge in [0.25, 0.3) is 5.91 Å². The van der Waals surface area contributed by atoms with Gasteiger partial charge < -0.3 is 15.1 Å². The van der Waals surface area contributed by atoms with Crippen molar-refractivity contribution in [3.8, 4) is 0 Å². The van der Waals surface area contributed by atoms with E-state index in [1.807, 2.05) is 0 Å². The summed E-state index contributed by atoms with van der Waals surface area (Å²) in [4.78, 5) is 22.7. The first kappa shape index (κ1) is 15.6. The molecule has 0 spiro atoms. The summed E-state index contributed by atoms with van der Waals surface area (Å²) in [6, 6.07) is 7.18. The Morgan fingerprint density at radius 1 is 1.14 bits per heavy atom. The molecule has 2 rings (SSSR count). The molecule has 0 aliphatic heterocycles. The largest absolute Gasteiger partial charge is 0.471 e. The van der Waals surface area contributed by atoms with Gasteiger partial charge in [-0.1, -0.05) is 6.07 Å². The van der Waals surface area contributed by atoms with Crippen molar-refractivity contribution in [1.82, 2.24) is 0 Å². The number of carbonyl (C=O) groups excluding carboxylic acids is 2. The fourth-order valence-corrected chi connectivity index (χ4v) is 1.63. The molecular formula is C14H11F3N2O3. The van der Waals surface area contributed by atoms with Gasteiger partial charge in [-0.15, -0.1) is 0 Å². The monoisotopic (exact) mass is 312 g/mol. The number of hydrogen-bond donors (Lipinski definition) is 2. The number of nitrogens with one attached hydrogen (secondary N) is 2. The number of carbonyl (C=O) groups is 2. The number of hydrogen-bond acceptors (Lipinski definition) is 3. The molecule has 0 fully saturated rings. The second-order valence-corrected chi connectivity index (χ2v) is 4.41. The highest BCUT2D eigenvalue weighted by atomic mass is 19.4. The third kappa shape index (κ3) is 3.66. The van der Waals surface area contributed by atoms with E-state index in [1.54, 1.807) is 5.32 Å². The maximum Gasteiger partial charge on any atom is 0.471 e. The Bertz CT molecular complexity index is 694. The Morgan fingerprint density at radius 2 is 1.86 bits per heavy atom. The number of alkyl halides is 3. The molecule has 2 amide bonds. The van der Waals surface area contributed by atoms with E-state index in [2.05, 4.69) is 5.32 Å². The van der Waals surface area contributed by atoms with Crippen LogP contribution in [0.25, 0.3) is 0 Å². The lowest BCUT2D eigenvalue weighted by Crippen LogP contribution is -2.30. The van der Waals surface area contributed by atoms with Gasteiger partial charge >= 0.3 is 12.1 Å². The van der Waals surface area contributed by atoms with E-state index in [4.69, 9.17) is 4.42 Å². The fraction of sp³-hybridized carbons (Fsp3) is 0.143. The third-order valence-electron chi connectivity index (χ3n) is 2.75. The second kappa shape index (κ2) is 5.92. The lowest BCUT2D eigenvalue weighted by molar-refractivity contribution is -0.167. The van der Waals surface area contributed by atoms with Crippen LogP contribution in [-0.2, 0) is 4.79 Å². The van der Waals surface area contributed by atoms with Crippen LogP contribution in [0.1, 0.15) is 16.1 Å². The molecule has 0 radical (unpaired) electrons. The highest BCUT2D eigenvalue weighted by molar-refractivity contribution is 6.03. The van der Waals surface area contributed by atoms with Gasteiger partial charge in [0.05, 0.1) is 6.26 Å². The van der Waals surface area contributed by atoms with Crippen LogP contribution in [0, 0.1) is 6.92 Å². The molecule has 0 saturated heterocycles. The first-order valence-electron chi connectivity index (χ1n) is 6.11. The van der Waals surface area contributed by atoms with Crippen LogP contribution in [0.5, 0.6) is 0 Å². The zero-order chi connectivity index (χ0) is 16.3. The van der Waals surface area contributed by atoms with E-state index >= 15 is 0 Å². The quantitative estimate of drug-likeness (QED) is 0.913. The predicted octanol–water partition coefficient (Wildman–Crippen LogP) is 3.34. The normalized spacial score (nSPS) is 11.1. The van der Waals surface area contributed by atoms with Crippen LogP contribution in [0.4, 0.5) is 24.5 Å². The molecule has 0 aliphatic carbocycles. The molecule has 0 saturated carbocycles. The minimum absolute atomic E-state index is 0.0421. The summed E-state index contributed by atoms with van der Waals surface area (Å²) in [5, 5.41) is 4.22. The van der Waals surface area contributed by atoms with Crippen molar-refractivity contribution in [2.75, 3.05) is 10.6 Å². The summed E-state index contributed by atoms with van der Waals surface area (Å²) in [6.45, 7) is 1.53. The number of halogens is 3. The smallest absolute Gasteiger partial charge is 0.459 e. The molecule has 22 heavy (non-hydrogen) atoms. The average molecular weight is 312 g/mol. The summed E-state index contributed by atoms with van der Waals surface area (Å²) in [6.07, 6.45) is -3.67. The minimum Gasteiger partial charge on any atom is -0.459 e. The van der Waals surface area contributed by atoms with Crippen molar-refractivity contribution >= 4 is 23.2 Å². The van der Waals surface area contributed by atoms with Gasteiger partial charge in [-0.25, -0.2) is 0 Å². The van der Waals surface area contributed by atoms with Crippen molar-refractivity contribution in [2.45, 2.75) is 13.1 Å². The van der Waals surface area contributed by atoms with Crippen LogP contribution in [0.15, 0.2) is 41.0 Å². The second-order valence-electron chi connectivity index (χ2n) is 4.41. The van der Waals surface area contributed by atoms with Gasteiger partial charge in [0.2, 0.25) is 0 Å². The van der Waals surface area contributed by atoms with Gasteiger partial charge in [0.1, 0.15) is 0 Å². The van der Waals surface area contributed by atoms with Crippen molar-refractivity contribution in [1.29, 1.82) is 0 Å². The number of rotatable bonds is 3. The van der Waals surface area contributed by atoms with E-state index < -0.39 is 18.0 Å². The Kier molecular flexibility index (Phi) is 4.20. The lowest BCUT2D eigenvalue weighted by Gasteiger charge is -2.12. The molecule has 0 unspecified atom stereocenters. The topological polar surface area (TPSA) is 71.3 Å². The maximum atomic E-state index is 12.3. The van der Waals surface area contributed by atoms with Crippen molar-refractivity contribution < 1.29 is 27.2 Å². The Morgan fingerprint density at radius 3 is 2.45 bits per heavy atom. The molecule has 1 heterocycles. The number of anilines is 2. The van der Waals surface area contributed by atoms with E-state index in [1.165, 1.54) is 43.5 Å². The van der Waals surface area contributed by atoms with Gasteiger partial charge in [-0.05, 0) is 36.8 Å². The first-order valence-corrected chi connectivity index (χ1v) is 6.11. The fourth-order valence-electron chi connectivity index (χ4n) is 1.63. The Balaban J connectivity index is 2.16. The van der Waals surface area contributed by atoms with Gasteiger partial charge in [-0.3, -0.25) is 9.59 Å². The number of benzene rings is 1. The molecular weight excluding hydrogens is 301 g/mol. The van der Waals surface area contributed by atoms with Crippen LogP contribution >= 0.6 is 0 Å². The van der Waals surface area contributed by atoms with Crippen LogP contribution in [0.3, 0.4) is 0 Å². The summed E-state index contributed by atoms with van der Waals surface area (Å²) >= 11 is 0. The van der Waals surface area contributed by atoms with E-state index in [-0.39, 0.29) is 17.1 Å². The summed E-state index contributed by atoms with van der Waals surface area (Å²) in [5.41, 5.74) is 0.609. The molecule has 0 aliphatic rings. The van der Waals surface area contributed by atoms with Crippen LogP contribution in [0.2, 0.25) is 0 Å². The summed E-state index contributed by atoms with van der Waals surface area (Å²) in [7, 11) is 0. The number of aryl methyl sites for hydroxylation is 1. The van der Waals surface area contributed by atoms with Crippen molar-refractivity contribution in [3.63, 3.8) is 0 Å². The van der Waals surface area contributed by atoms with E-state index in [0.29, 0.717) is 5.56 Å². The van der Waals surface area contributed by atoms with E-state index in [0.717, 1.165) is 0 Å². The highest BCUT2D eigenvalue weighted by Crippen LogP contribution is 2.24. The molecule has 1 aromatic heterocycles. The standard InChI is InChI=1S/C14H11F3N2O3/c1-8-4-5-9(18-12(20)11-3-2-6-22-11)7-10(8)19-13(21)14(15,16)17/h2-7H,1H3,(H,18,20)(H,19,21). The van der Waals surface area contributed by atoms with Gasteiger partial charge in [0, 0.05) is 11.4 Å². The van der Waals surface area contributed by atoms with Crippen molar-refractivity contribution in [2.24, 2.45) is 0 Å². The van der Waals surface area contributed by atoms with Gasteiger partial charge in [0.15, 0.2) is 5.76 Å². The lowest BCUT2D eigenvalue weighted by atomic mass is 10.1. The highest BCUT2D eigenvalue weighted by Gasteiger charge is 2.38. The summed E-state index contributed by atoms with van der Waals surface area (Å²) in [5.74, 6) is -2.58. The zero-order valence-corrected chi connectivity index (χ0v) is 11.3. The van der Waals surface area contributed by atoms with Crippen LogP contribution in [-0.4, -0.2) is 18.0 Å². The maximum absolute atomic E-state index is 12.3. The number of amides is 2. The molecule has 2 N–H and O–H groups in total. The molecule has 0 bridgehead atoms. The summed E-state index contributed by atoms with van der Waals surface area (Å²) < 4.78 is 41.7. The molecule has 5 nitrogen and oxygen atoms in total. The van der Waals surface area contributed by atoms with E-state index in [9.17, 15) is 22.8 Å². The molecule has 0 atom stereocenters. The van der Waals surface area contributed by atoms with Gasteiger partial charge in [-0.2, -0.15) is 13.2 Å². The molecule has 8 heteroatoms. The molecule has 2 aromatic rings. The zero-order valence-electron chi connectivity index (χ0n) is 11.3. The third-order valence-corrected chi connectivity index (χ3v) is 2.75. The predicted molar refractivity (Wildman–Crippen MR) is 72.5 cm³/mol. The number of furan rings is 1. The van der Waals surface area contributed by atoms with Crippen molar-refractivity contribution in [3.05, 3.63) is 47.9 Å². The minimum atomic E-state index is -4.99. The average Bonchev–Trinajstić information content (AvgIpc) is 2.95. The molecule has 1 aromatic carbocycles. The SMILES string of the molecule is Cc1ccc(NC(=O)c2ccco2)cc1NC(=O)C(F)(F)F. The Hall–Kier alpha value is -2.77. The first-order chi connectivity index (χ1) is 10.3. The van der Waals surface area contributed by atoms with Crippen LogP contribution < -0.4 is 10.6 Å². The molecule has 116 valence electrons. The Labute approximate surface area is 123 Å².